The number of aliphatic imine (C=N–C) groups is 1. The van der Waals surface area contributed by atoms with Gasteiger partial charge in [0.05, 0.1) is 5.69 Å². The number of nitrogens with zero attached hydrogens (tertiary/aromatic N) is 3. The molecule has 0 saturated carbocycles. The Bertz CT molecular complexity index is 577. The van der Waals surface area contributed by atoms with Crippen LogP contribution in [-0.2, 0) is 6.54 Å². The van der Waals surface area contributed by atoms with Gasteiger partial charge in [0.1, 0.15) is 0 Å². The molecule has 2 rings (SSSR count). The number of hydrogen-bond donors (Lipinski definition) is 2. The summed E-state index contributed by atoms with van der Waals surface area (Å²) in [7, 11) is 0. The molecule has 0 atom stereocenters. The van der Waals surface area contributed by atoms with Gasteiger partial charge in [0.15, 0.2) is 5.96 Å². The molecule has 0 fully saturated rings. The average Bonchev–Trinajstić information content (AvgIpc) is 2.74. The maximum Gasteiger partial charge on any atom is 0.193 e. The van der Waals surface area contributed by atoms with Crippen molar-refractivity contribution in [3.8, 4) is 0 Å². The number of nitrogens with one attached hydrogen (secondary N) is 1. The molecule has 0 radical (unpaired) electrons. The molecule has 0 spiro atoms. The van der Waals surface area contributed by atoms with E-state index < -0.39 is 0 Å². The van der Waals surface area contributed by atoms with Gasteiger partial charge < -0.3 is 11.1 Å². The molecule has 0 unspecified atom stereocenters. The van der Waals surface area contributed by atoms with E-state index in [4.69, 9.17) is 5.73 Å². The maximum atomic E-state index is 5.84. The number of aryl methyl sites for hydroxylation is 3. The van der Waals surface area contributed by atoms with Gasteiger partial charge in [-0.1, -0.05) is 18.2 Å². The van der Waals surface area contributed by atoms with Gasteiger partial charge in [0, 0.05) is 24.5 Å². The highest BCUT2D eigenvalue weighted by molar-refractivity contribution is 14.0. The Labute approximate surface area is 142 Å². The van der Waals surface area contributed by atoms with Crippen LogP contribution in [0.4, 0.5) is 5.69 Å². The summed E-state index contributed by atoms with van der Waals surface area (Å²) in [6.07, 6.45) is 0.916. The van der Waals surface area contributed by atoms with Crippen LogP contribution in [0, 0.1) is 13.8 Å². The van der Waals surface area contributed by atoms with Gasteiger partial charge in [-0.15, -0.1) is 24.0 Å². The summed E-state index contributed by atoms with van der Waals surface area (Å²) in [6, 6.07) is 11.9. The Balaban J connectivity index is 0.00000220. The fourth-order valence-corrected chi connectivity index (χ4v) is 2.03. The Hall–Kier alpha value is -1.57. The van der Waals surface area contributed by atoms with Crippen LogP contribution in [0.2, 0.25) is 0 Å². The Morgan fingerprint density at radius 3 is 2.62 bits per heavy atom. The lowest BCUT2D eigenvalue weighted by Gasteiger charge is -2.05. The van der Waals surface area contributed by atoms with Crippen molar-refractivity contribution in [2.24, 2.45) is 10.7 Å². The quantitative estimate of drug-likeness (QED) is 0.352. The number of aromatic nitrogens is 2. The Kier molecular flexibility index (Phi) is 7.21. The third kappa shape index (κ3) is 5.74. The second-order valence-electron chi connectivity index (χ2n) is 4.76. The van der Waals surface area contributed by atoms with E-state index >= 15 is 0 Å². The van der Waals surface area contributed by atoms with E-state index in [2.05, 4.69) is 28.4 Å². The molecular weight excluding hydrogens is 377 g/mol. The second-order valence-corrected chi connectivity index (χ2v) is 4.76. The monoisotopic (exact) mass is 399 g/mol. The molecule has 1 aromatic heterocycles. The minimum absolute atomic E-state index is 0. The standard InChI is InChI=1S/C15H21N5.HI/c1-12-11-13(2)20(19-12)10-6-9-17-15(16)18-14-7-4-3-5-8-14;/h3-5,7-8,11H,6,9-10H2,1-2H3,(H3,16,17,18);1H. The number of hydrogen-bond acceptors (Lipinski definition) is 2. The fraction of sp³-hybridized carbons (Fsp3) is 0.333. The molecule has 5 nitrogen and oxygen atoms in total. The first-order valence-corrected chi connectivity index (χ1v) is 6.78. The minimum Gasteiger partial charge on any atom is -0.370 e. The van der Waals surface area contributed by atoms with Crippen molar-refractivity contribution in [1.29, 1.82) is 0 Å². The van der Waals surface area contributed by atoms with Gasteiger partial charge in [-0.05, 0) is 38.5 Å². The molecule has 0 aliphatic carbocycles. The van der Waals surface area contributed by atoms with Crippen LogP contribution in [0.3, 0.4) is 0 Å². The van der Waals surface area contributed by atoms with Crippen molar-refractivity contribution in [1.82, 2.24) is 9.78 Å². The van der Waals surface area contributed by atoms with Gasteiger partial charge in [0.25, 0.3) is 0 Å². The first kappa shape index (κ1) is 17.5. The number of nitrogens with two attached hydrogens (primary N) is 1. The first-order chi connectivity index (χ1) is 9.65. The number of halogens is 1. The number of guanidine groups is 1. The van der Waals surface area contributed by atoms with Crippen molar-refractivity contribution in [2.75, 3.05) is 11.9 Å². The van der Waals surface area contributed by atoms with E-state index in [1.165, 1.54) is 5.69 Å². The highest BCUT2D eigenvalue weighted by Crippen LogP contribution is 2.04. The summed E-state index contributed by atoms with van der Waals surface area (Å²) >= 11 is 0. The van der Waals surface area contributed by atoms with Crippen molar-refractivity contribution in [3.63, 3.8) is 0 Å². The van der Waals surface area contributed by atoms with Crippen molar-refractivity contribution in [2.45, 2.75) is 26.8 Å². The van der Waals surface area contributed by atoms with Crippen LogP contribution >= 0.6 is 24.0 Å². The molecule has 0 bridgehead atoms. The number of rotatable bonds is 5. The number of benzene rings is 1. The lowest BCUT2D eigenvalue weighted by Crippen LogP contribution is -2.22. The number of anilines is 1. The smallest absolute Gasteiger partial charge is 0.193 e. The Morgan fingerprint density at radius 1 is 1.29 bits per heavy atom. The SMILES string of the molecule is Cc1cc(C)n(CCCN=C(N)Nc2ccccc2)n1.I. The molecule has 0 aliphatic heterocycles. The van der Waals surface area contributed by atoms with Crippen molar-refractivity contribution >= 4 is 35.6 Å². The molecule has 0 saturated heterocycles. The summed E-state index contributed by atoms with van der Waals surface area (Å²) in [6.45, 7) is 5.61. The zero-order valence-electron chi connectivity index (χ0n) is 12.4. The summed E-state index contributed by atoms with van der Waals surface area (Å²) in [5, 5.41) is 7.48. The summed E-state index contributed by atoms with van der Waals surface area (Å²) in [4.78, 5) is 4.31. The summed E-state index contributed by atoms with van der Waals surface area (Å²) in [5.41, 5.74) is 9.02. The van der Waals surface area contributed by atoms with E-state index in [1.54, 1.807) is 0 Å². The molecule has 2 aromatic rings. The van der Waals surface area contributed by atoms with Crippen LogP contribution in [-0.4, -0.2) is 22.3 Å². The third-order valence-electron chi connectivity index (χ3n) is 2.96. The highest BCUT2D eigenvalue weighted by atomic mass is 127. The molecule has 1 aromatic carbocycles. The van der Waals surface area contributed by atoms with Gasteiger partial charge >= 0.3 is 0 Å². The summed E-state index contributed by atoms with van der Waals surface area (Å²) in [5.74, 6) is 0.449. The molecule has 0 amide bonds. The van der Waals surface area contributed by atoms with Gasteiger partial charge in [-0.2, -0.15) is 5.10 Å². The largest absolute Gasteiger partial charge is 0.370 e. The molecule has 21 heavy (non-hydrogen) atoms. The molecule has 3 N–H and O–H groups in total. The third-order valence-corrected chi connectivity index (χ3v) is 2.96. The van der Waals surface area contributed by atoms with Gasteiger partial charge in [-0.3, -0.25) is 9.67 Å². The van der Waals surface area contributed by atoms with Crippen molar-refractivity contribution < 1.29 is 0 Å². The van der Waals surface area contributed by atoms with Crippen LogP contribution in [0.15, 0.2) is 41.4 Å². The average molecular weight is 399 g/mol. The zero-order valence-corrected chi connectivity index (χ0v) is 14.7. The lowest BCUT2D eigenvalue weighted by atomic mass is 10.3. The van der Waals surface area contributed by atoms with Crippen LogP contribution in [0.5, 0.6) is 0 Å². The van der Waals surface area contributed by atoms with Crippen LogP contribution in [0.25, 0.3) is 0 Å². The normalized spacial score (nSPS) is 11.0. The van der Waals surface area contributed by atoms with E-state index in [9.17, 15) is 0 Å². The minimum atomic E-state index is 0. The summed E-state index contributed by atoms with van der Waals surface area (Å²) < 4.78 is 2.01. The first-order valence-electron chi connectivity index (χ1n) is 6.78. The maximum absolute atomic E-state index is 5.84. The van der Waals surface area contributed by atoms with Crippen LogP contribution < -0.4 is 11.1 Å². The van der Waals surface area contributed by atoms with E-state index in [0.717, 1.165) is 24.3 Å². The van der Waals surface area contributed by atoms with E-state index in [1.807, 2.05) is 41.9 Å². The lowest BCUT2D eigenvalue weighted by molar-refractivity contribution is 0.568. The van der Waals surface area contributed by atoms with Crippen molar-refractivity contribution in [3.05, 3.63) is 47.8 Å². The molecule has 0 aliphatic rings. The predicted molar refractivity (Wildman–Crippen MR) is 98.3 cm³/mol. The zero-order chi connectivity index (χ0) is 14.4. The van der Waals surface area contributed by atoms with Gasteiger partial charge in [0.2, 0.25) is 0 Å². The molecule has 6 heteroatoms. The number of para-hydroxylation sites is 1. The van der Waals surface area contributed by atoms with E-state index in [0.29, 0.717) is 12.5 Å². The van der Waals surface area contributed by atoms with Crippen LogP contribution in [0.1, 0.15) is 17.8 Å². The molecule has 114 valence electrons. The molecule has 1 heterocycles. The topological polar surface area (TPSA) is 68.2 Å². The highest BCUT2D eigenvalue weighted by Gasteiger charge is 2.00. The second kappa shape index (κ2) is 8.66. The fourth-order valence-electron chi connectivity index (χ4n) is 2.03. The predicted octanol–water partition coefficient (Wildman–Crippen LogP) is 2.93. The van der Waals surface area contributed by atoms with E-state index in [-0.39, 0.29) is 24.0 Å². The van der Waals surface area contributed by atoms with Gasteiger partial charge in [-0.25, -0.2) is 0 Å². The molecular formula is C15H22IN5. The Morgan fingerprint density at radius 2 is 2.00 bits per heavy atom.